The molecule has 0 fully saturated rings. The van der Waals surface area contributed by atoms with E-state index in [9.17, 15) is 0 Å². The summed E-state index contributed by atoms with van der Waals surface area (Å²) in [5.74, 6) is 0.818. The summed E-state index contributed by atoms with van der Waals surface area (Å²) in [6, 6.07) is 9.68. The molecule has 0 radical (unpaired) electrons. The Balaban J connectivity index is 1.93. The summed E-state index contributed by atoms with van der Waals surface area (Å²) >= 11 is 5.87. The molecule has 20 heavy (non-hydrogen) atoms. The van der Waals surface area contributed by atoms with Gasteiger partial charge in [-0.1, -0.05) is 23.7 Å². The molecule has 1 aromatic carbocycles. The molecule has 0 aliphatic rings. The summed E-state index contributed by atoms with van der Waals surface area (Å²) in [7, 11) is 1.69. The van der Waals surface area contributed by atoms with Gasteiger partial charge in [0.25, 0.3) is 0 Å². The van der Waals surface area contributed by atoms with Crippen LogP contribution in [0.15, 0.2) is 36.5 Å². The number of aromatic nitrogens is 2. The molecule has 1 heterocycles. The molecule has 0 spiro atoms. The molecule has 4 nitrogen and oxygen atoms in total. The number of rotatable bonds is 7. The SMILES string of the molecule is COCCNCc1ccnc(Cc2ccc(Cl)cc2)n1. The zero-order valence-corrected chi connectivity index (χ0v) is 12.2. The molecule has 0 aliphatic heterocycles. The molecule has 0 atom stereocenters. The first kappa shape index (κ1) is 14.9. The van der Waals surface area contributed by atoms with E-state index in [-0.39, 0.29) is 0 Å². The van der Waals surface area contributed by atoms with Gasteiger partial charge in [-0.25, -0.2) is 9.97 Å². The van der Waals surface area contributed by atoms with E-state index in [0.717, 1.165) is 35.2 Å². The fraction of sp³-hybridized carbons (Fsp3) is 0.333. The molecule has 106 valence electrons. The number of ether oxygens (including phenoxy) is 1. The minimum Gasteiger partial charge on any atom is -0.383 e. The second-order valence-electron chi connectivity index (χ2n) is 4.44. The molecule has 2 aromatic rings. The minimum atomic E-state index is 0.697. The fourth-order valence-electron chi connectivity index (χ4n) is 1.80. The van der Waals surface area contributed by atoms with Crippen molar-refractivity contribution < 1.29 is 4.74 Å². The van der Waals surface area contributed by atoms with E-state index < -0.39 is 0 Å². The van der Waals surface area contributed by atoms with Gasteiger partial charge in [0, 0.05) is 37.8 Å². The van der Waals surface area contributed by atoms with Crippen LogP contribution in [0.4, 0.5) is 0 Å². The monoisotopic (exact) mass is 291 g/mol. The lowest BCUT2D eigenvalue weighted by Gasteiger charge is -2.06. The van der Waals surface area contributed by atoms with Gasteiger partial charge in [-0.15, -0.1) is 0 Å². The molecule has 0 bridgehead atoms. The molecular weight excluding hydrogens is 274 g/mol. The van der Waals surface area contributed by atoms with Crippen molar-refractivity contribution in [3.63, 3.8) is 0 Å². The molecule has 0 saturated carbocycles. The maximum atomic E-state index is 5.87. The van der Waals surface area contributed by atoms with Crippen LogP contribution in [-0.4, -0.2) is 30.2 Å². The molecule has 5 heteroatoms. The third kappa shape index (κ3) is 4.89. The Labute approximate surface area is 124 Å². The average Bonchev–Trinajstić information content (AvgIpc) is 2.47. The van der Waals surface area contributed by atoms with Crippen molar-refractivity contribution in [1.82, 2.24) is 15.3 Å². The van der Waals surface area contributed by atoms with Crippen LogP contribution >= 0.6 is 11.6 Å². The lowest BCUT2D eigenvalue weighted by Crippen LogP contribution is -2.19. The molecule has 1 aromatic heterocycles. The van der Waals surface area contributed by atoms with Crippen LogP contribution in [0.2, 0.25) is 5.02 Å². The number of benzene rings is 1. The van der Waals surface area contributed by atoms with Gasteiger partial charge in [-0.05, 0) is 23.8 Å². The maximum Gasteiger partial charge on any atom is 0.132 e. The summed E-state index contributed by atoms with van der Waals surface area (Å²) in [5, 5.41) is 4.01. The second-order valence-corrected chi connectivity index (χ2v) is 4.87. The Hall–Kier alpha value is -1.49. The van der Waals surface area contributed by atoms with Gasteiger partial charge in [0.15, 0.2) is 0 Å². The Morgan fingerprint density at radius 3 is 2.75 bits per heavy atom. The molecule has 0 saturated heterocycles. The number of hydrogen-bond acceptors (Lipinski definition) is 4. The molecule has 1 N–H and O–H groups in total. The average molecular weight is 292 g/mol. The number of hydrogen-bond donors (Lipinski definition) is 1. The molecule has 0 amide bonds. The zero-order valence-electron chi connectivity index (χ0n) is 11.5. The van der Waals surface area contributed by atoms with Crippen molar-refractivity contribution in [2.24, 2.45) is 0 Å². The highest BCUT2D eigenvalue weighted by molar-refractivity contribution is 6.30. The van der Waals surface area contributed by atoms with Gasteiger partial charge >= 0.3 is 0 Å². The summed E-state index contributed by atoms with van der Waals surface area (Å²) in [6.07, 6.45) is 2.51. The van der Waals surface area contributed by atoms with Crippen molar-refractivity contribution in [3.05, 3.63) is 58.6 Å². The van der Waals surface area contributed by atoms with Gasteiger partial charge in [-0.2, -0.15) is 0 Å². The predicted molar refractivity (Wildman–Crippen MR) is 79.9 cm³/mol. The van der Waals surface area contributed by atoms with Crippen LogP contribution in [0.1, 0.15) is 17.1 Å². The van der Waals surface area contributed by atoms with Gasteiger partial charge in [-0.3, -0.25) is 0 Å². The lowest BCUT2D eigenvalue weighted by molar-refractivity contribution is 0.199. The smallest absolute Gasteiger partial charge is 0.132 e. The predicted octanol–water partition coefficient (Wildman–Crippen LogP) is 2.46. The van der Waals surface area contributed by atoms with Crippen molar-refractivity contribution in [2.45, 2.75) is 13.0 Å². The normalized spacial score (nSPS) is 10.7. The number of nitrogens with zero attached hydrogens (tertiary/aromatic N) is 2. The van der Waals surface area contributed by atoms with E-state index in [1.54, 1.807) is 13.3 Å². The van der Waals surface area contributed by atoms with Crippen LogP contribution in [0.25, 0.3) is 0 Å². The first-order chi connectivity index (χ1) is 9.78. The van der Waals surface area contributed by atoms with Crippen molar-refractivity contribution in [1.29, 1.82) is 0 Å². The van der Waals surface area contributed by atoms with Crippen LogP contribution < -0.4 is 5.32 Å². The van der Waals surface area contributed by atoms with Crippen LogP contribution in [0.3, 0.4) is 0 Å². The summed E-state index contributed by atoms with van der Waals surface area (Å²) < 4.78 is 4.99. The third-order valence-corrected chi connectivity index (χ3v) is 3.08. The quantitative estimate of drug-likeness (QED) is 0.796. The highest BCUT2D eigenvalue weighted by atomic mass is 35.5. The van der Waals surface area contributed by atoms with Gasteiger partial charge in [0.05, 0.1) is 12.3 Å². The Morgan fingerprint density at radius 1 is 1.20 bits per heavy atom. The topological polar surface area (TPSA) is 47.0 Å². The van der Waals surface area contributed by atoms with E-state index in [0.29, 0.717) is 13.0 Å². The van der Waals surface area contributed by atoms with Gasteiger partial charge < -0.3 is 10.1 Å². The van der Waals surface area contributed by atoms with E-state index in [4.69, 9.17) is 16.3 Å². The third-order valence-electron chi connectivity index (χ3n) is 2.83. The first-order valence-electron chi connectivity index (χ1n) is 6.53. The zero-order chi connectivity index (χ0) is 14.2. The van der Waals surface area contributed by atoms with Crippen molar-refractivity contribution in [3.8, 4) is 0 Å². The summed E-state index contributed by atoms with van der Waals surface area (Å²) in [5.41, 5.74) is 2.14. The number of halogens is 1. The Bertz CT molecular complexity index is 531. The van der Waals surface area contributed by atoms with Crippen molar-refractivity contribution >= 4 is 11.6 Å². The standard InChI is InChI=1S/C15H18ClN3O/c1-20-9-8-17-11-14-6-7-18-15(19-14)10-12-2-4-13(16)5-3-12/h2-7,17H,8-11H2,1H3. The summed E-state index contributed by atoms with van der Waals surface area (Å²) in [6.45, 7) is 2.23. The van der Waals surface area contributed by atoms with Crippen molar-refractivity contribution in [2.75, 3.05) is 20.3 Å². The number of nitrogens with one attached hydrogen (secondary N) is 1. The van der Waals surface area contributed by atoms with Gasteiger partial charge in [0.2, 0.25) is 0 Å². The van der Waals surface area contributed by atoms with E-state index in [1.807, 2.05) is 30.3 Å². The number of methoxy groups -OCH3 is 1. The highest BCUT2D eigenvalue weighted by Crippen LogP contribution is 2.11. The van der Waals surface area contributed by atoms with Crippen LogP contribution in [-0.2, 0) is 17.7 Å². The van der Waals surface area contributed by atoms with Crippen LogP contribution in [0, 0.1) is 0 Å². The summed E-state index contributed by atoms with van der Waals surface area (Å²) in [4.78, 5) is 8.85. The lowest BCUT2D eigenvalue weighted by atomic mass is 10.1. The minimum absolute atomic E-state index is 0.697. The van der Waals surface area contributed by atoms with E-state index in [2.05, 4.69) is 15.3 Å². The first-order valence-corrected chi connectivity index (χ1v) is 6.90. The highest BCUT2D eigenvalue weighted by Gasteiger charge is 2.01. The largest absolute Gasteiger partial charge is 0.383 e. The molecule has 0 aliphatic carbocycles. The van der Waals surface area contributed by atoms with E-state index in [1.165, 1.54) is 0 Å². The molecular formula is C15H18ClN3O. The Kier molecular flexibility index (Phi) is 5.92. The van der Waals surface area contributed by atoms with Crippen LogP contribution in [0.5, 0.6) is 0 Å². The molecule has 2 rings (SSSR count). The maximum absolute atomic E-state index is 5.87. The molecule has 0 unspecified atom stereocenters. The van der Waals surface area contributed by atoms with E-state index >= 15 is 0 Å². The van der Waals surface area contributed by atoms with Gasteiger partial charge in [0.1, 0.15) is 5.82 Å². The Morgan fingerprint density at radius 2 is 2.00 bits per heavy atom. The second kappa shape index (κ2) is 7.94. The fourth-order valence-corrected chi connectivity index (χ4v) is 1.93.